The molecule has 3 heterocycles. The van der Waals surface area contributed by atoms with Crippen molar-refractivity contribution in [3.8, 4) is 21.9 Å². The first kappa shape index (κ1) is 19.6. The molecule has 0 spiro atoms. The van der Waals surface area contributed by atoms with E-state index in [1.807, 2.05) is 0 Å². The smallest absolute Gasteiger partial charge is 0.266 e. The molecule has 4 aromatic rings. The van der Waals surface area contributed by atoms with Gasteiger partial charge in [0.25, 0.3) is 5.91 Å². The van der Waals surface area contributed by atoms with E-state index in [1.165, 1.54) is 35.6 Å². The standard InChI is InChI=1S/C23H17F2N3O2S/c1-13-21(31-22(26-13)15-4-8-17(25)9-5-15)23(29)28-11-10-19-18(12-28)20(30-27-19)14-2-6-16(24)7-3-14/h2-9H,10-12H2,1H3. The quantitative estimate of drug-likeness (QED) is 0.439. The fourth-order valence-corrected chi connectivity index (χ4v) is 4.71. The molecule has 0 saturated heterocycles. The van der Waals surface area contributed by atoms with E-state index in [0.717, 1.165) is 22.4 Å². The van der Waals surface area contributed by atoms with Gasteiger partial charge in [0.15, 0.2) is 5.76 Å². The Balaban J connectivity index is 1.42. The second-order valence-corrected chi connectivity index (χ2v) is 8.36. The van der Waals surface area contributed by atoms with Crippen molar-refractivity contribution in [3.63, 3.8) is 0 Å². The lowest BCUT2D eigenvalue weighted by Gasteiger charge is -2.26. The Morgan fingerprint density at radius 3 is 2.35 bits per heavy atom. The number of hydrogen-bond donors (Lipinski definition) is 0. The third-order valence-electron chi connectivity index (χ3n) is 5.31. The van der Waals surface area contributed by atoms with Gasteiger partial charge in [0, 0.05) is 29.7 Å². The Bertz CT molecular complexity index is 1260. The number of carbonyl (C=O) groups excluding carboxylic acids is 1. The van der Waals surface area contributed by atoms with Crippen molar-refractivity contribution >= 4 is 17.2 Å². The molecule has 2 aromatic carbocycles. The van der Waals surface area contributed by atoms with Gasteiger partial charge in [-0.25, -0.2) is 13.8 Å². The lowest BCUT2D eigenvalue weighted by atomic mass is 10.0. The van der Waals surface area contributed by atoms with Crippen molar-refractivity contribution in [3.05, 3.63) is 82.0 Å². The van der Waals surface area contributed by atoms with Crippen LogP contribution in [-0.4, -0.2) is 27.5 Å². The van der Waals surface area contributed by atoms with Crippen LogP contribution in [0.3, 0.4) is 0 Å². The summed E-state index contributed by atoms with van der Waals surface area (Å²) in [4.78, 5) is 20.1. The Kier molecular flexibility index (Phi) is 4.86. The van der Waals surface area contributed by atoms with Gasteiger partial charge in [-0.1, -0.05) is 5.16 Å². The van der Waals surface area contributed by atoms with Crippen LogP contribution in [0.1, 0.15) is 26.6 Å². The minimum Gasteiger partial charge on any atom is -0.356 e. The Morgan fingerprint density at radius 1 is 1.03 bits per heavy atom. The van der Waals surface area contributed by atoms with Crippen LogP contribution in [0.25, 0.3) is 21.9 Å². The lowest BCUT2D eigenvalue weighted by molar-refractivity contribution is 0.0738. The van der Waals surface area contributed by atoms with Crippen molar-refractivity contribution in [1.82, 2.24) is 15.0 Å². The summed E-state index contributed by atoms with van der Waals surface area (Å²) in [5.74, 6) is -0.199. The first-order chi connectivity index (χ1) is 15.0. The second-order valence-electron chi connectivity index (χ2n) is 7.36. The monoisotopic (exact) mass is 437 g/mol. The van der Waals surface area contributed by atoms with E-state index in [1.54, 1.807) is 36.1 Å². The fraction of sp³-hybridized carbons (Fsp3) is 0.174. The number of fused-ring (bicyclic) bond motifs is 1. The van der Waals surface area contributed by atoms with E-state index >= 15 is 0 Å². The number of amides is 1. The number of halogens is 2. The summed E-state index contributed by atoms with van der Waals surface area (Å²) >= 11 is 1.30. The summed E-state index contributed by atoms with van der Waals surface area (Å²) in [5, 5.41) is 4.82. The SMILES string of the molecule is Cc1nc(-c2ccc(F)cc2)sc1C(=O)N1CCc2noc(-c3ccc(F)cc3)c2C1. The van der Waals surface area contributed by atoms with E-state index in [0.29, 0.717) is 40.8 Å². The lowest BCUT2D eigenvalue weighted by Crippen LogP contribution is -2.35. The van der Waals surface area contributed by atoms with Crippen molar-refractivity contribution in [2.45, 2.75) is 19.9 Å². The van der Waals surface area contributed by atoms with Gasteiger partial charge in [-0.15, -0.1) is 11.3 Å². The molecule has 0 saturated carbocycles. The number of aromatic nitrogens is 2. The molecule has 0 N–H and O–H groups in total. The van der Waals surface area contributed by atoms with Gasteiger partial charge in [-0.3, -0.25) is 4.79 Å². The summed E-state index contributed by atoms with van der Waals surface area (Å²) in [6, 6.07) is 12.1. The van der Waals surface area contributed by atoms with Gasteiger partial charge in [-0.05, 0) is 55.5 Å². The predicted molar refractivity (Wildman–Crippen MR) is 113 cm³/mol. The van der Waals surface area contributed by atoms with E-state index < -0.39 is 0 Å². The van der Waals surface area contributed by atoms with Crippen molar-refractivity contribution in [2.75, 3.05) is 6.54 Å². The number of hydrogen-bond acceptors (Lipinski definition) is 5. The van der Waals surface area contributed by atoms with E-state index in [2.05, 4.69) is 10.1 Å². The molecule has 156 valence electrons. The van der Waals surface area contributed by atoms with E-state index in [4.69, 9.17) is 4.52 Å². The summed E-state index contributed by atoms with van der Waals surface area (Å²) < 4.78 is 32.0. The molecular formula is C23H17F2N3O2S. The van der Waals surface area contributed by atoms with Crippen molar-refractivity contribution < 1.29 is 18.1 Å². The molecule has 1 aliphatic rings. The largest absolute Gasteiger partial charge is 0.356 e. The zero-order valence-electron chi connectivity index (χ0n) is 16.6. The Morgan fingerprint density at radius 2 is 1.68 bits per heavy atom. The number of benzene rings is 2. The highest BCUT2D eigenvalue weighted by molar-refractivity contribution is 7.17. The maximum Gasteiger partial charge on any atom is 0.266 e. The van der Waals surface area contributed by atoms with Crippen LogP contribution < -0.4 is 0 Å². The predicted octanol–water partition coefficient (Wildman–Crippen LogP) is 5.25. The maximum absolute atomic E-state index is 13.3. The van der Waals surface area contributed by atoms with Crippen LogP contribution in [0.4, 0.5) is 8.78 Å². The zero-order chi connectivity index (χ0) is 21.5. The number of thiazole rings is 1. The number of carbonyl (C=O) groups is 1. The Hall–Kier alpha value is -3.39. The topological polar surface area (TPSA) is 59.2 Å². The fourth-order valence-electron chi connectivity index (χ4n) is 3.67. The van der Waals surface area contributed by atoms with Crippen molar-refractivity contribution in [2.24, 2.45) is 0 Å². The highest BCUT2D eigenvalue weighted by Gasteiger charge is 2.30. The molecule has 2 aromatic heterocycles. The molecule has 0 aliphatic carbocycles. The molecule has 0 fully saturated rings. The average molecular weight is 437 g/mol. The number of rotatable bonds is 3. The summed E-state index contributed by atoms with van der Waals surface area (Å²) in [5.41, 5.74) is 3.79. The molecule has 1 amide bonds. The molecular weight excluding hydrogens is 420 g/mol. The number of aryl methyl sites for hydroxylation is 1. The summed E-state index contributed by atoms with van der Waals surface area (Å²) in [7, 11) is 0. The first-order valence-electron chi connectivity index (χ1n) is 9.75. The van der Waals surface area contributed by atoms with Crippen LogP contribution in [0, 0.1) is 18.6 Å². The summed E-state index contributed by atoms with van der Waals surface area (Å²) in [6.45, 7) is 2.67. The van der Waals surface area contributed by atoms with Gasteiger partial charge in [0.1, 0.15) is 21.5 Å². The third-order valence-corrected chi connectivity index (χ3v) is 6.51. The minimum atomic E-state index is -0.327. The van der Waals surface area contributed by atoms with Crippen LogP contribution in [-0.2, 0) is 13.0 Å². The zero-order valence-corrected chi connectivity index (χ0v) is 17.4. The van der Waals surface area contributed by atoms with E-state index in [-0.39, 0.29) is 17.5 Å². The molecule has 0 atom stereocenters. The van der Waals surface area contributed by atoms with Gasteiger partial charge in [-0.2, -0.15) is 0 Å². The van der Waals surface area contributed by atoms with Crippen LogP contribution >= 0.6 is 11.3 Å². The van der Waals surface area contributed by atoms with Gasteiger partial charge in [0.05, 0.1) is 17.9 Å². The molecule has 0 unspecified atom stereocenters. The minimum absolute atomic E-state index is 0.111. The Labute approximate surface area is 180 Å². The summed E-state index contributed by atoms with van der Waals surface area (Å²) in [6.07, 6.45) is 0.578. The molecule has 31 heavy (non-hydrogen) atoms. The van der Waals surface area contributed by atoms with E-state index in [9.17, 15) is 13.6 Å². The van der Waals surface area contributed by atoms with Crippen LogP contribution in [0.2, 0.25) is 0 Å². The highest BCUT2D eigenvalue weighted by Crippen LogP contribution is 2.33. The third kappa shape index (κ3) is 3.63. The highest BCUT2D eigenvalue weighted by atomic mass is 32.1. The molecule has 5 nitrogen and oxygen atoms in total. The average Bonchev–Trinajstić information content (AvgIpc) is 3.37. The van der Waals surface area contributed by atoms with Gasteiger partial charge >= 0.3 is 0 Å². The van der Waals surface area contributed by atoms with Crippen LogP contribution in [0.5, 0.6) is 0 Å². The molecule has 8 heteroatoms. The molecule has 5 rings (SSSR count). The van der Waals surface area contributed by atoms with Crippen molar-refractivity contribution in [1.29, 1.82) is 0 Å². The first-order valence-corrected chi connectivity index (χ1v) is 10.6. The second kappa shape index (κ2) is 7.70. The molecule has 1 aliphatic heterocycles. The van der Waals surface area contributed by atoms with Gasteiger partial charge in [0.2, 0.25) is 0 Å². The number of nitrogens with zero attached hydrogens (tertiary/aromatic N) is 3. The molecule has 0 bridgehead atoms. The normalized spacial score (nSPS) is 13.3. The molecule has 0 radical (unpaired) electrons. The van der Waals surface area contributed by atoms with Gasteiger partial charge < -0.3 is 9.42 Å². The van der Waals surface area contributed by atoms with Crippen LogP contribution in [0.15, 0.2) is 53.1 Å². The maximum atomic E-state index is 13.3.